The molecule has 0 spiro atoms. The van der Waals surface area contributed by atoms with Crippen molar-refractivity contribution < 1.29 is 4.79 Å². The number of nitrogens with zero attached hydrogens (tertiary/aromatic N) is 2. The fourth-order valence-electron chi connectivity index (χ4n) is 2.50. The van der Waals surface area contributed by atoms with Crippen molar-refractivity contribution in [3.05, 3.63) is 82.6 Å². The Balaban J connectivity index is 1.75. The van der Waals surface area contributed by atoms with Gasteiger partial charge in [0.1, 0.15) is 0 Å². The van der Waals surface area contributed by atoms with Gasteiger partial charge in [-0.3, -0.25) is 9.69 Å². The van der Waals surface area contributed by atoms with Crippen LogP contribution in [0.4, 0.5) is 5.13 Å². The van der Waals surface area contributed by atoms with Crippen LogP contribution in [0.2, 0.25) is 0 Å². The molecule has 0 unspecified atom stereocenters. The van der Waals surface area contributed by atoms with E-state index in [-0.39, 0.29) is 5.91 Å². The second-order valence-corrected chi connectivity index (χ2v) is 7.28. The van der Waals surface area contributed by atoms with Crippen LogP contribution in [0, 0.1) is 0 Å². The minimum absolute atomic E-state index is 0.00657. The van der Waals surface area contributed by atoms with Gasteiger partial charge in [-0.1, -0.05) is 59.9 Å². The number of amides is 1. The van der Waals surface area contributed by atoms with E-state index in [9.17, 15) is 4.79 Å². The summed E-state index contributed by atoms with van der Waals surface area (Å²) in [5.74, 6) is -0.00657. The molecule has 1 amide bonds. The van der Waals surface area contributed by atoms with E-state index in [1.807, 2.05) is 72.1 Å². The number of aromatic nitrogens is 1. The van der Waals surface area contributed by atoms with E-state index in [0.717, 1.165) is 25.8 Å². The molecule has 2 aromatic carbocycles. The van der Waals surface area contributed by atoms with Gasteiger partial charge >= 0.3 is 0 Å². The van der Waals surface area contributed by atoms with Gasteiger partial charge in [-0.15, -0.1) is 11.3 Å². The van der Waals surface area contributed by atoms with Crippen molar-refractivity contribution in [3.8, 4) is 0 Å². The second kappa shape index (κ2) is 6.55. The first kappa shape index (κ1) is 15.1. The highest BCUT2D eigenvalue weighted by molar-refractivity contribution is 7.22. The lowest BCUT2D eigenvalue weighted by atomic mass is 10.2. The molecule has 118 valence electrons. The molecule has 0 atom stereocenters. The van der Waals surface area contributed by atoms with Crippen molar-refractivity contribution in [1.29, 1.82) is 0 Å². The summed E-state index contributed by atoms with van der Waals surface area (Å²) in [6, 6.07) is 21.7. The van der Waals surface area contributed by atoms with Crippen molar-refractivity contribution in [2.45, 2.75) is 6.54 Å². The third kappa shape index (κ3) is 2.96. The SMILES string of the molecule is O=C(c1cccs1)N(Cc1ccccc1)c1nc2ccccc2s1. The topological polar surface area (TPSA) is 33.2 Å². The molecule has 3 nitrogen and oxygen atoms in total. The molecule has 0 fully saturated rings. The zero-order valence-electron chi connectivity index (χ0n) is 12.8. The molecular weight excluding hydrogens is 336 g/mol. The molecule has 4 aromatic rings. The maximum absolute atomic E-state index is 13.0. The Morgan fingerprint density at radius 1 is 0.958 bits per heavy atom. The van der Waals surface area contributed by atoms with Gasteiger partial charge < -0.3 is 0 Å². The molecule has 5 heteroatoms. The Labute approximate surface area is 147 Å². The number of fused-ring (bicyclic) bond motifs is 1. The number of thiazole rings is 1. The van der Waals surface area contributed by atoms with Crippen LogP contribution in [0.3, 0.4) is 0 Å². The average Bonchev–Trinajstić information content (AvgIpc) is 3.29. The first-order chi connectivity index (χ1) is 11.8. The van der Waals surface area contributed by atoms with Gasteiger partial charge in [-0.25, -0.2) is 4.98 Å². The van der Waals surface area contributed by atoms with E-state index in [2.05, 4.69) is 4.98 Å². The molecule has 0 aliphatic carbocycles. The predicted molar refractivity (Wildman–Crippen MR) is 101 cm³/mol. The highest BCUT2D eigenvalue weighted by Gasteiger charge is 2.22. The van der Waals surface area contributed by atoms with Gasteiger partial charge in [0.15, 0.2) is 5.13 Å². The number of anilines is 1. The number of rotatable bonds is 4. The van der Waals surface area contributed by atoms with Crippen molar-refractivity contribution in [2.24, 2.45) is 0 Å². The number of carbonyl (C=O) groups excluding carboxylic acids is 1. The van der Waals surface area contributed by atoms with Crippen LogP contribution in [-0.2, 0) is 6.54 Å². The van der Waals surface area contributed by atoms with Crippen LogP contribution in [0.25, 0.3) is 10.2 Å². The minimum atomic E-state index is -0.00657. The molecule has 2 aromatic heterocycles. The second-order valence-electron chi connectivity index (χ2n) is 5.32. The standard InChI is InChI=1S/C19H14N2OS2/c22-18(17-11-6-12-23-17)21(13-14-7-2-1-3-8-14)19-20-15-9-4-5-10-16(15)24-19/h1-12H,13H2. The Bertz CT molecular complexity index is 928. The summed E-state index contributed by atoms with van der Waals surface area (Å²) < 4.78 is 1.09. The highest BCUT2D eigenvalue weighted by Crippen LogP contribution is 2.31. The van der Waals surface area contributed by atoms with E-state index in [4.69, 9.17) is 0 Å². The van der Waals surface area contributed by atoms with E-state index in [0.29, 0.717) is 6.54 Å². The summed E-state index contributed by atoms with van der Waals surface area (Å²) in [5, 5.41) is 2.66. The van der Waals surface area contributed by atoms with Gasteiger partial charge in [0.25, 0.3) is 5.91 Å². The first-order valence-electron chi connectivity index (χ1n) is 7.56. The normalized spacial score (nSPS) is 10.8. The maximum atomic E-state index is 13.0. The molecule has 24 heavy (non-hydrogen) atoms. The molecule has 0 aliphatic rings. The molecule has 4 rings (SSSR count). The van der Waals surface area contributed by atoms with Crippen LogP contribution in [-0.4, -0.2) is 10.9 Å². The number of carbonyl (C=O) groups is 1. The van der Waals surface area contributed by atoms with Gasteiger partial charge in [0.2, 0.25) is 0 Å². The smallest absolute Gasteiger partial charge is 0.270 e. The molecule has 0 bridgehead atoms. The highest BCUT2D eigenvalue weighted by atomic mass is 32.1. The Kier molecular flexibility index (Phi) is 4.11. The van der Waals surface area contributed by atoms with Crippen molar-refractivity contribution in [2.75, 3.05) is 4.90 Å². The maximum Gasteiger partial charge on any atom is 0.270 e. The van der Waals surface area contributed by atoms with Crippen LogP contribution in [0.1, 0.15) is 15.2 Å². The summed E-state index contributed by atoms with van der Waals surface area (Å²) in [5.41, 5.74) is 2.01. The van der Waals surface area contributed by atoms with Crippen LogP contribution >= 0.6 is 22.7 Å². The lowest BCUT2D eigenvalue weighted by Gasteiger charge is -2.19. The zero-order chi connectivity index (χ0) is 16.4. The molecule has 0 saturated heterocycles. The van der Waals surface area contributed by atoms with Crippen LogP contribution in [0.5, 0.6) is 0 Å². The molecule has 0 aliphatic heterocycles. The quantitative estimate of drug-likeness (QED) is 0.506. The van der Waals surface area contributed by atoms with Crippen molar-refractivity contribution in [3.63, 3.8) is 0 Å². The molecule has 0 saturated carbocycles. The molecular formula is C19H14N2OS2. The average molecular weight is 350 g/mol. The van der Waals surface area contributed by atoms with E-state index in [1.54, 1.807) is 16.2 Å². The molecule has 2 heterocycles. The summed E-state index contributed by atoms with van der Waals surface area (Å²) >= 11 is 3.01. The number of hydrogen-bond donors (Lipinski definition) is 0. The summed E-state index contributed by atoms with van der Waals surface area (Å²) in [6.07, 6.45) is 0. The number of para-hydroxylation sites is 1. The van der Waals surface area contributed by atoms with Gasteiger partial charge in [0.05, 0.1) is 21.6 Å². The lowest BCUT2D eigenvalue weighted by Crippen LogP contribution is -2.29. The number of benzene rings is 2. The van der Waals surface area contributed by atoms with E-state index >= 15 is 0 Å². The molecule has 0 N–H and O–H groups in total. The summed E-state index contributed by atoms with van der Waals surface area (Å²) in [6.45, 7) is 0.511. The van der Waals surface area contributed by atoms with E-state index < -0.39 is 0 Å². The number of hydrogen-bond acceptors (Lipinski definition) is 4. The Hall–Kier alpha value is -2.50. The third-order valence-electron chi connectivity index (χ3n) is 3.67. The first-order valence-corrected chi connectivity index (χ1v) is 9.26. The number of thiophene rings is 1. The van der Waals surface area contributed by atoms with Crippen molar-refractivity contribution >= 4 is 43.9 Å². The fraction of sp³-hybridized carbons (Fsp3) is 0.0526. The van der Waals surface area contributed by atoms with Gasteiger partial charge in [-0.2, -0.15) is 0 Å². The lowest BCUT2D eigenvalue weighted by molar-refractivity contribution is 0.0989. The van der Waals surface area contributed by atoms with Gasteiger partial charge in [-0.05, 0) is 29.1 Å². The monoisotopic (exact) mass is 350 g/mol. The van der Waals surface area contributed by atoms with Crippen molar-refractivity contribution in [1.82, 2.24) is 4.98 Å². The van der Waals surface area contributed by atoms with Crippen LogP contribution in [0.15, 0.2) is 72.1 Å². The summed E-state index contributed by atoms with van der Waals surface area (Å²) in [7, 11) is 0. The Morgan fingerprint density at radius 2 is 1.75 bits per heavy atom. The predicted octanol–water partition coefficient (Wildman–Crippen LogP) is 5.20. The Morgan fingerprint density at radius 3 is 2.50 bits per heavy atom. The van der Waals surface area contributed by atoms with E-state index in [1.165, 1.54) is 11.3 Å². The third-order valence-corrected chi connectivity index (χ3v) is 5.59. The fourth-order valence-corrected chi connectivity index (χ4v) is 4.14. The van der Waals surface area contributed by atoms with Crippen LogP contribution < -0.4 is 4.90 Å². The summed E-state index contributed by atoms with van der Waals surface area (Å²) in [4.78, 5) is 20.2. The largest absolute Gasteiger partial charge is 0.279 e. The minimum Gasteiger partial charge on any atom is -0.279 e. The zero-order valence-corrected chi connectivity index (χ0v) is 14.4. The molecule has 0 radical (unpaired) electrons. The van der Waals surface area contributed by atoms with Gasteiger partial charge in [0, 0.05) is 0 Å².